The molecule has 0 aromatic carbocycles. The fourth-order valence-corrected chi connectivity index (χ4v) is 2.17. The van der Waals surface area contributed by atoms with Crippen LogP contribution in [0.5, 0.6) is 0 Å². The number of carbonyl (C=O) groups is 2. The lowest BCUT2D eigenvalue weighted by Crippen LogP contribution is -2.60. The zero-order valence-electron chi connectivity index (χ0n) is 9.30. The third-order valence-electron chi connectivity index (χ3n) is 3.15. The number of nitrogens with one attached hydrogen (secondary N) is 1. The van der Waals surface area contributed by atoms with Gasteiger partial charge in [0.25, 0.3) is 0 Å². The lowest BCUT2D eigenvalue weighted by Gasteiger charge is -2.40. The molecule has 0 bridgehead atoms. The van der Waals surface area contributed by atoms with Crippen molar-refractivity contribution in [1.82, 2.24) is 5.32 Å². The van der Waals surface area contributed by atoms with Crippen LogP contribution >= 0.6 is 0 Å². The van der Waals surface area contributed by atoms with Gasteiger partial charge in [0.1, 0.15) is 5.54 Å². The number of carboxylic acids is 1. The standard InChI is InChI=1S/C10H14F3NO3/c1-6(15)14-9(10(11,12)13)4-2-7(3-5-9)8(16)17/h7H,2-5H2,1H3,(H,14,15)(H,16,17). The van der Waals surface area contributed by atoms with E-state index in [0.29, 0.717) is 0 Å². The molecule has 1 aliphatic rings. The van der Waals surface area contributed by atoms with Crippen molar-refractivity contribution in [2.75, 3.05) is 0 Å². The van der Waals surface area contributed by atoms with Gasteiger partial charge in [0.05, 0.1) is 5.92 Å². The summed E-state index contributed by atoms with van der Waals surface area (Å²) in [6.45, 7) is 1.02. The molecule has 0 aliphatic heterocycles. The average Bonchev–Trinajstić information content (AvgIpc) is 2.15. The van der Waals surface area contributed by atoms with Gasteiger partial charge in [-0.1, -0.05) is 0 Å². The highest BCUT2D eigenvalue weighted by Crippen LogP contribution is 2.43. The second kappa shape index (κ2) is 4.54. The number of alkyl halides is 3. The van der Waals surface area contributed by atoms with Crippen LogP contribution in [-0.4, -0.2) is 28.7 Å². The molecule has 2 N–H and O–H groups in total. The second-order valence-electron chi connectivity index (χ2n) is 4.37. The van der Waals surface area contributed by atoms with Crippen LogP contribution in [-0.2, 0) is 9.59 Å². The summed E-state index contributed by atoms with van der Waals surface area (Å²) < 4.78 is 38.8. The van der Waals surface area contributed by atoms with Crippen LogP contribution in [0.1, 0.15) is 32.6 Å². The molecule has 0 atom stereocenters. The Morgan fingerprint density at radius 3 is 2.06 bits per heavy atom. The van der Waals surface area contributed by atoms with Gasteiger partial charge in [-0.25, -0.2) is 0 Å². The first-order valence-corrected chi connectivity index (χ1v) is 5.26. The Balaban J connectivity index is 2.83. The number of hydrogen-bond donors (Lipinski definition) is 2. The fraction of sp³-hybridized carbons (Fsp3) is 0.800. The largest absolute Gasteiger partial charge is 0.481 e. The molecule has 0 radical (unpaired) electrons. The molecule has 7 heteroatoms. The van der Waals surface area contributed by atoms with E-state index in [-0.39, 0.29) is 25.7 Å². The van der Waals surface area contributed by atoms with Crippen molar-refractivity contribution in [2.24, 2.45) is 5.92 Å². The first-order chi connectivity index (χ1) is 7.68. The molecule has 1 amide bonds. The predicted molar refractivity (Wildman–Crippen MR) is 52.2 cm³/mol. The monoisotopic (exact) mass is 253 g/mol. The van der Waals surface area contributed by atoms with Gasteiger partial charge in [0.2, 0.25) is 5.91 Å². The summed E-state index contributed by atoms with van der Waals surface area (Å²) in [5, 5.41) is 10.7. The number of carboxylic acid groups (broad SMARTS) is 1. The Labute approximate surface area is 96.2 Å². The van der Waals surface area contributed by atoms with E-state index in [0.717, 1.165) is 6.92 Å². The molecule has 0 aromatic rings. The Morgan fingerprint density at radius 2 is 1.76 bits per heavy atom. The van der Waals surface area contributed by atoms with Gasteiger partial charge < -0.3 is 10.4 Å². The maximum atomic E-state index is 12.9. The van der Waals surface area contributed by atoms with Crippen molar-refractivity contribution in [3.05, 3.63) is 0 Å². The predicted octanol–water partition coefficient (Wildman–Crippen LogP) is 1.70. The highest BCUT2D eigenvalue weighted by molar-refractivity contribution is 5.74. The molecule has 0 spiro atoms. The van der Waals surface area contributed by atoms with E-state index in [1.165, 1.54) is 0 Å². The maximum absolute atomic E-state index is 12.9. The molecule has 17 heavy (non-hydrogen) atoms. The summed E-state index contributed by atoms with van der Waals surface area (Å²) in [6, 6.07) is 0. The van der Waals surface area contributed by atoms with Gasteiger partial charge in [-0.05, 0) is 25.7 Å². The smallest absolute Gasteiger partial charge is 0.411 e. The lowest BCUT2D eigenvalue weighted by atomic mass is 9.76. The molecule has 4 nitrogen and oxygen atoms in total. The first kappa shape index (κ1) is 13.8. The number of amides is 1. The van der Waals surface area contributed by atoms with E-state index in [1.807, 2.05) is 5.32 Å². The number of aliphatic carboxylic acids is 1. The lowest BCUT2D eigenvalue weighted by molar-refractivity contribution is -0.209. The van der Waals surface area contributed by atoms with E-state index in [9.17, 15) is 22.8 Å². The number of rotatable bonds is 2. The van der Waals surface area contributed by atoms with Crippen molar-refractivity contribution in [2.45, 2.75) is 44.3 Å². The molecule has 1 saturated carbocycles. The van der Waals surface area contributed by atoms with Crippen LogP contribution in [0.3, 0.4) is 0 Å². The first-order valence-electron chi connectivity index (χ1n) is 5.26. The molecule has 1 aliphatic carbocycles. The van der Waals surface area contributed by atoms with E-state index in [1.54, 1.807) is 0 Å². The van der Waals surface area contributed by atoms with Crippen LogP contribution in [0.4, 0.5) is 13.2 Å². The second-order valence-corrected chi connectivity index (χ2v) is 4.37. The summed E-state index contributed by atoms with van der Waals surface area (Å²) in [5.74, 6) is -2.58. The Bertz CT molecular complexity index is 319. The minimum atomic E-state index is -4.55. The van der Waals surface area contributed by atoms with Crippen LogP contribution in [0.2, 0.25) is 0 Å². The van der Waals surface area contributed by atoms with Crippen LogP contribution in [0, 0.1) is 5.92 Å². The molecular formula is C10H14F3NO3. The van der Waals surface area contributed by atoms with Gasteiger partial charge >= 0.3 is 12.1 Å². The van der Waals surface area contributed by atoms with Crippen LogP contribution in [0.25, 0.3) is 0 Å². The van der Waals surface area contributed by atoms with Crippen LogP contribution in [0.15, 0.2) is 0 Å². The highest BCUT2D eigenvalue weighted by Gasteiger charge is 2.56. The third kappa shape index (κ3) is 2.89. The SMILES string of the molecule is CC(=O)NC1(C(F)(F)F)CCC(C(=O)O)CC1. The number of hydrogen-bond acceptors (Lipinski definition) is 2. The molecule has 0 heterocycles. The van der Waals surface area contributed by atoms with Gasteiger partial charge in [-0.2, -0.15) is 13.2 Å². The normalized spacial score (nSPS) is 29.8. The minimum Gasteiger partial charge on any atom is -0.481 e. The van der Waals surface area contributed by atoms with E-state index in [2.05, 4.69) is 0 Å². The Kier molecular flexibility index (Phi) is 3.68. The molecule has 0 aromatic heterocycles. The molecular weight excluding hydrogens is 239 g/mol. The maximum Gasteiger partial charge on any atom is 0.411 e. The van der Waals surface area contributed by atoms with E-state index < -0.39 is 29.5 Å². The minimum absolute atomic E-state index is 0.0743. The summed E-state index contributed by atoms with van der Waals surface area (Å²) in [7, 11) is 0. The zero-order chi connectivity index (χ0) is 13.3. The van der Waals surface area contributed by atoms with E-state index >= 15 is 0 Å². The van der Waals surface area contributed by atoms with Crippen molar-refractivity contribution >= 4 is 11.9 Å². The number of halogens is 3. The average molecular weight is 253 g/mol. The van der Waals surface area contributed by atoms with Gasteiger partial charge in [-0.15, -0.1) is 0 Å². The summed E-state index contributed by atoms with van der Waals surface area (Å²) in [6.07, 6.45) is -5.47. The topological polar surface area (TPSA) is 66.4 Å². The van der Waals surface area contributed by atoms with Crippen molar-refractivity contribution in [3.8, 4) is 0 Å². The van der Waals surface area contributed by atoms with Crippen molar-refractivity contribution in [3.63, 3.8) is 0 Å². The number of carbonyl (C=O) groups excluding carboxylic acids is 1. The van der Waals surface area contributed by atoms with Crippen LogP contribution < -0.4 is 5.32 Å². The molecule has 0 unspecified atom stereocenters. The van der Waals surface area contributed by atoms with Gasteiger partial charge in [0, 0.05) is 6.92 Å². The highest BCUT2D eigenvalue weighted by atomic mass is 19.4. The third-order valence-corrected chi connectivity index (χ3v) is 3.15. The Morgan fingerprint density at radius 1 is 1.29 bits per heavy atom. The summed E-state index contributed by atoms with van der Waals surface area (Å²) >= 11 is 0. The van der Waals surface area contributed by atoms with E-state index in [4.69, 9.17) is 5.11 Å². The molecule has 1 fully saturated rings. The molecule has 1 rings (SSSR count). The zero-order valence-corrected chi connectivity index (χ0v) is 9.30. The molecule has 98 valence electrons. The van der Waals surface area contributed by atoms with Crippen molar-refractivity contribution < 1.29 is 27.9 Å². The Hall–Kier alpha value is -1.27. The summed E-state index contributed by atoms with van der Waals surface area (Å²) in [4.78, 5) is 21.5. The summed E-state index contributed by atoms with van der Waals surface area (Å²) in [5.41, 5.74) is -2.26. The quantitative estimate of drug-likeness (QED) is 0.787. The fourth-order valence-electron chi connectivity index (χ4n) is 2.17. The van der Waals surface area contributed by atoms with Crippen molar-refractivity contribution in [1.29, 1.82) is 0 Å². The van der Waals surface area contributed by atoms with Gasteiger partial charge in [0.15, 0.2) is 0 Å². The van der Waals surface area contributed by atoms with Gasteiger partial charge in [-0.3, -0.25) is 9.59 Å². The molecule has 0 saturated heterocycles.